The van der Waals surface area contributed by atoms with Crippen molar-refractivity contribution < 1.29 is 34.2 Å². The zero-order valence-electron chi connectivity index (χ0n) is 23.0. The molecule has 4 atom stereocenters. The second-order valence-corrected chi connectivity index (χ2v) is 9.48. The van der Waals surface area contributed by atoms with Gasteiger partial charge in [-0.3, -0.25) is 24.2 Å². The molecule has 0 aliphatic rings. The van der Waals surface area contributed by atoms with Gasteiger partial charge in [0.2, 0.25) is 17.7 Å². The van der Waals surface area contributed by atoms with Crippen LogP contribution in [0.3, 0.4) is 0 Å². The number of hydrogen-bond acceptors (Lipinski definition) is 8. The summed E-state index contributed by atoms with van der Waals surface area (Å²) < 4.78 is 0. The van der Waals surface area contributed by atoms with Crippen molar-refractivity contribution in [1.82, 2.24) is 16.0 Å². The standard InChI is InChI=1S/C26H42N8O7/c27-13-5-4-10-18(23(38)34-20(25(40)41)15-16-7-2-1-3-8-16)33-24(39)19(11-12-21(35)36)32-22(37)17(28)9-6-14-31-26(29)30/h1-3,7-8,17-20H,4-6,9-15,27-28H2,(H,32,37)(H,33,39)(H,34,38)(H,35,36)(H,40,41)(H4,29,30,31). The Balaban J connectivity index is 2.99. The van der Waals surface area contributed by atoms with Gasteiger partial charge < -0.3 is 49.1 Å². The number of amides is 3. The van der Waals surface area contributed by atoms with Gasteiger partial charge >= 0.3 is 11.9 Å². The summed E-state index contributed by atoms with van der Waals surface area (Å²) in [5.74, 6) is -4.80. The maximum atomic E-state index is 13.2. The molecular weight excluding hydrogens is 536 g/mol. The number of unbranched alkanes of at least 4 members (excludes halogenated alkanes) is 1. The fourth-order valence-corrected chi connectivity index (χ4v) is 3.82. The molecule has 41 heavy (non-hydrogen) atoms. The highest BCUT2D eigenvalue weighted by molar-refractivity contribution is 5.94. The number of rotatable bonds is 20. The molecule has 0 aliphatic carbocycles. The van der Waals surface area contributed by atoms with Crippen molar-refractivity contribution in [3.05, 3.63) is 35.9 Å². The number of carboxylic acid groups (broad SMARTS) is 2. The summed E-state index contributed by atoms with van der Waals surface area (Å²) in [4.78, 5) is 65.8. The molecule has 0 fully saturated rings. The van der Waals surface area contributed by atoms with Gasteiger partial charge in [-0.15, -0.1) is 0 Å². The van der Waals surface area contributed by atoms with Gasteiger partial charge in [0.1, 0.15) is 18.1 Å². The van der Waals surface area contributed by atoms with Crippen LogP contribution in [0.2, 0.25) is 0 Å². The highest BCUT2D eigenvalue weighted by Crippen LogP contribution is 2.08. The van der Waals surface area contributed by atoms with Crippen LogP contribution in [0.5, 0.6) is 0 Å². The monoisotopic (exact) mass is 578 g/mol. The summed E-state index contributed by atoms with van der Waals surface area (Å²) in [6.07, 6.45) is 1.00. The van der Waals surface area contributed by atoms with Gasteiger partial charge in [0, 0.05) is 19.4 Å². The van der Waals surface area contributed by atoms with Gasteiger partial charge in [-0.2, -0.15) is 0 Å². The third kappa shape index (κ3) is 14.6. The largest absolute Gasteiger partial charge is 0.481 e. The quantitative estimate of drug-likeness (QED) is 0.0470. The number of guanidine groups is 1. The Hall–Kier alpha value is -4.24. The minimum atomic E-state index is -1.31. The van der Waals surface area contributed by atoms with Gasteiger partial charge in [-0.1, -0.05) is 30.3 Å². The number of carbonyl (C=O) groups is 5. The second kappa shape index (κ2) is 18.9. The number of nitrogens with two attached hydrogens (primary N) is 4. The zero-order valence-corrected chi connectivity index (χ0v) is 23.0. The minimum Gasteiger partial charge on any atom is -0.481 e. The van der Waals surface area contributed by atoms with Gasteiger partial charge in [0.05, 0.1) is 6.04 Å². The van der Waals surface area contributed by atoms with E-state index in [0.717, 1.165) is 0 Å². The molecule has 0 aromatic heterocycles. The van der Waals surface area contributed by atoms with Crippen molar-refractivity contribution in [2.45, 2.75) is 75.5 Å². The first kappa shape index (κ1) is 34.8. The van der Waals surface area contributed by atoms with E-state index >= 15 is 0 Å². The van der Waals surface area contributed by atoms with Crippen LogP contribution in [0, 0.1) is 0 Å². The maximum absolute atomic E-state index is 13.2. The third-order valence-corrected chi connectivity index (χ3v) is 6.06. The molecule has 15 heteroatoms. The van der Waals surface area contributed by atoms with E-state index < -0.39 is 60.2 Å². The Morgan fingerprint density at radius 1 is 0.780 bits per heavy atom. The molecule has 0 saturated heterocycles. The maximum Gasteiger partial charge on any atom is 0.326 e. The molecule has 1 aromatic carbocycles. The van der Waals surface area contributed by atoms with Crippen molar-refractivity contribution in [2.75, 3.05) is 13.1 Å². The number of aliphatic imine (C=N–C) groups is 1. The zero-order chi connectivity index (χ0) is 30.8. The molecule has 0 heterocycles. The van der Waals surface area contributed by atoms with Gasteiger partial charge in [0.25, 0.3) is 0 Å². The van der Waals surface area contributed by atoms with E-state index in [1.165, 1.54) is 0 Å². The van der Waals surface area contributed by atoms with Crippen LogP contribution in [-0.4, -0.2) is 83.1 Å². The summed E-state index contributed by atoms with van der Waals surface area (Å²) in [5, 5.41) is 26.3. The Kier molecular flexibility index (Phi) is 16.1. The molecule has 4 unspecified atom stereocenters. The highest BCUT2D eigenvalue weighted by atomic mass is 16.4. The highest BCUT2D eigenvalue weighted by Gasteiger charge is 2.30. The number of carboxylic acids is 2. The second-order valence-electron chi connectivity index (χ2n) is 9.48. The van der Waals surface area contributed by atoms with Crippen LogP contribution in [0.1, 0.15) is 50.5 Å². The molecule has 0 saturated carbocycles. The molecule has 1 aromatic rings. The van der Waals surface area contributed by atoms with Crippen molar-refractivity contribution in [3.63, 3.8) is 0 Å². The van der Waals surface area contributed by atoms with E-state index in [0.29, 0.717) is 31.4 Å². The van der Waals surface area contributed by atoms with E-state index in [1.54, 1.807) is 30.3 Å². The summed E-state index contributed by atoms with van der Waals surface area (Å²) in [6.45, 7) is 0.583. The van der Waals surface area contributed by atoms with Crippen LogP contribution < -0.4 is 38.9 Å². The SMILES string of the molecule is NCCCCC(NC(=O)C(CCC(=O)O)NC(=O)C(N)CCCN=C(N)N)C(=O)NC(Cc1ccccc1)C(=O)O. The number of carbonyl (C=O) groups excluding carboxylic acids is 3. The first-order valence-corrected chi connectivity index (χ1v) is 13.3. The molecule has 15 nitrogen and oxygen atoms in total. The number of benzene rings is 1. The van der Waals surface area contributed by atoms with Crippen LogP contribution in [0.4, 0.5) is 0 Å². The number of hydrogen-bond donors (Lipinski definition) is 9. The van der Waals surface area contributed by atoms with Crippen LogP contribution >= 0.6 is 0 Å². The number of nitrogens with zero attached hydrogens (tertiary/aromatic N) is 1. The van der Waals surface area contributed by atoms with Crippen molar-refractivity contribution in [1.29, 1.82) is 0 Å². The van der Waals surface area contributed by atoms with Crippen molar-refractivity contribution in [2.24, 2.45) is 27.9 Å². The third-order valence-electron chi connectivity index (χ3n) is 6.06. The average Bonchev–Trinajstić information content (AvgIpc) is 2.92. The molecule has 0 spiro atoms. The van der Waals surface area contributed by atoms with Gasteiger partial charge in [0.15, 0.2) is 5.96 Å². The Bertz CT molecular complexity index is 1030. The Morgan fingerprint density at radius 2 is 1.37 bits per heavy atom. The van der Waals surface area contributed by atoms with E-state index in [-0.39, 0.29) is 38.2 Å². The van der Waals surface area contributed by atoms with Crippen LogP contribution in [0.15, 0.2) is 35.3 Å². The lowest BCUT2D eigenvalue weighted by Gasteiger charge is -2.25. The molecule has 1 rings (SSSR count). The Morgan fingerprint density at radius 3 is 1.93 bits per heavy atom. The fraction of sp³-hybridized carbons (Fsp3) is 0.538. The molecule has 0 bridgehead atoms. The lowest BCUT2D eigenvalue weighted by molar-refractivity contribution is -0.142. The van der Waals surface area contributed by atoms with E-state index in [4.69, 9.17) is 28.0 Å². The molecule has 13 N–H and O–H groups in total. The normalized spacial score (nSPS) is 13.6. The van der Waals surface area contributed by atoms with Gasteiger partial charge in [-0.05, 0) is 50.6 Å². The van der Waals surface area contributed by atoms with E-state index in [1.807, 2.05) is 0 Å². The average molecular weight is 579 g/mol. The summed E-state index contributed by atoms with van der Waals surface area (Å²) in [6, 6.07) is 3.95. The lowest BCUT2D eigenvalue weighted by Crippen LogP contribution is -2.57. The molecule has 3 amide bonds. The minimum absolute atomic E-state index is 0.0176. The van der Waals surface area contributed by atoms with Crippen LogP contribution in [0.25, 0.3) is 0 Å². The number of aliphatic carboxylic acids is 2. The summed E-state index contributed by atoms with van der Waals surface area (Å²) >= 11 is 0. The summed E-state index contributed by atoms with van der Waals surface area (Å²) in [7, 11) is 0. The molecule has 228 valence electrons. The Labute approximate surface area is 238 Å². The van der Waals surface area contributed by atoms with Crippen molar-refractivity contribution >= 4 is 35.6 Å². The lowest BCUT2D eigenvalue weighted by atomic mass is 10.0. The predicted molar refractivity (Wildman–Crippen MR) is 151 cm³/mol. The summed E-state index contributed by atoms with van der Waals surface area (Å²) in [5.41, 5.74) is 22.7. The predicted octanol–water partition coefficient (Wildman–Crippen LogP) is -1.86. The topological polar surface area (TPSA) is 278 Å². The van der Waals surface area contributed by atoms with E-state index in [9.17, 15) is 29.1 Å². The smallest absolute Gasteiger partial charge is 0.326 e. The first-order chi connectivity index (χ1) is 19.4. The first-order valence-electron chi connectivity index (χ1n) is 13.3. The van der Waals surface area contributed by atoms with Crippen LogP contribution in [-0.2, 0) is 30.4 Å². The fourth-order valence-electron chi connectivity index (χ4n) is 3.82. The molecule has 0 aliphatic heterocycles. The van der Waals surface area contributed by atoms with Crippen molar-refractivity contribution in [3.8, 4) is 0 Å². The number of nitrogens with one attached hydrogen (secondary N) is 3. The molecule has 0 radical (unpaired) electrons. The van der Waals surface area contributed by atoms with E-state index in [2.05, 4.69) is 20.9 Å². The van der Waals surface area contributed by atoms with Gasteiger partial charge in [-0.25, -0.2) is 4.79 Å². The molecular formula is C26H42N8O7.